The molecular weight excluding hydrogens is 372 g/mol. The van der Waals surface area contributed by atoms with E-state index in [9.17, 15) is 9.59 Å². The summed E-state index contributed by atoms with van der Waals surface area (Å²) in [5.74, 6) is 1.18. The van der Waals surface area contributed by atoms with Crippen molar-refractivity contribution in [2.75, 3.05) is 18.4 Å². The van der Waals surface area contributed by atoms with Crippen LogP contribution in [0.5, 0.6) is 0 Å². The van der Waals surface area contributed by atoms with Gasteiger partial charge in [0, 0.05) is 29.5 Å². The Balaban J connectivity index is 1.37. The Kier molecular flexibility index (Phi) is 5.46. The van der Waals surface area contributed by atoms with E-state index in [0.29, 0.717) is 23.3 Å². The molecule has 0 saturated carbocycles. The van der Waals surface area contributed by atoms with Crippen molar-refractivity contribution in [3.8, 4) is 0 Å². The fourth-order valence-corrected chi connectivity index (χ4v) is 5.10. The van der Waals surface area contributed by atoms with Crippen molar-refractivity contribution in [3.63, 3.8) is 0 Å². The smallest absolute Gasteiger partial charge is 0.251 e. The molecule has 3 N–H and O–H groups in total. The third-order valence-corrected chi connectivity index (χ3v) is 6.76. The van der Waals surface area contributed by atoms with Gasteiger partial charge in [0.15, 0.2) is 0 Å². The Labute approximate surface area is 169 Å². The SMILES string of the molecule is CC(=O)Nc1ccc(Sc2ccc(C(=O)N[C@@H]3C4CCN(CC4)[C@H]3C)cc2)[nH]1. The van der Waals surface area contributed by atoms with E-state index in [1.807, 2.05) is 36.4 Å². The Bertz CT molecular complexity index is 854. The predicted molar refractivity (Wildman–Crippen MR) is 111 cm³/mol. The van der Waals surface area contributed by atoms with E-state index in [-0.39, 0.29) is 17.9 Å². The first-order chi connectivity index (χ1) is 13.5. The first-order valence-corrected chi connectivity index (χ1v) is 10.6. The van der Waals surface area contributed by atoms with Gasteiger partial charge in [-0.1, -0.05) is 11.8 Å². The lowest BCUT2D eigenvalue weighted by Gasteiger charge is -2.49. The third-order valence-electron chi connectivity index (χ3n) is 5.79. The Morgan fingerprint density at radius 3 is 2.46 bits per heavy atom. The highest BCUT2D eigenvalue weighted by atomic mass is 32.2. The number of nitrogens with one attached hydrogen (secondary N) is 3. The summed E-state index contributed by atoms with van der Waals surface area (Å²) in [5.41, 5.74) is 0.693. The van der Waals surface area contributed by atoms with Crippen LogP contribution in [0.1, 0.15) is 37.0 Å². The van der Waals surface area contributed by atoms with Crippen molar-refractivity contribution in [2.24, 2.45) is 5.92 Å². The quantitative estimate of drug-likeness (QED) is 0.722. The molecule has 4 heterocycles. The number of rotatable bonds is 5. The number of fused-ring (bicyclic) bond motifs is 3. The lowest BCUT2D eigenvalue weighted by molar-refractivity contribution is -0.114. The van der Waals surface area contributed by atoms with Crippen LogP contribution < -0.4 is 10.6 Å². The van der Waals surface area contributed by atoms with Gasteiger partial charge in [0.2, 0.25) is 5.91 Å². The van der Waals surface area contributed by atoms with Gasteiger partial charge in [-0.25, -0.2) is 0 Å². The van der Waals surface area contributed by atoms with E-state index in [0.717, 1.165) is 23.0 Å². The molecule has 2 aromatic rings. The number of anilines is 1. The molecule has 28 heavy (non-hydrogen) atoms. The maximum absolute atomic E-state index is 12.7. The molecule has 2 amide bonds. The van der Waals surface area contributed by atoms with Gasteiger partial charge in [0.05, 0.1) is 5.03 Å². The van der Waals surface area contributed by atoms with Crippen molar-refractivity contribution in [1.82, 2.24) is 15.2 Å². The number of carbonyl (C=O) groups is 2. The van der Waals surface area contributed by atoms with Crippen LogP contribution in [-0.2, 0) is 4.79 Å². The molecule has 1 aromatic heterocycles. The van der Waals surface area contributed by atoms with E-state index in [2.05, 4.69) is 27.4 Å². The fourth-order valence-electron chi connectivity index (χ4n) is 4.28. The molecular formula is C21H26N4O2S. The van der Waals surface area contributed by atoms with Gasteiger partial charge in [-0.15, -0.1) is 0 Å². The zero-order valence-electron chi connectivity index (χ0n) is 16.2. The number of hydrogen-bond acceptors (Lipinski definition) is 4. The molecule has 148 valence electrons. The molecule has 2 atom stereocenters. The minimum Gasteiger partial charge on any atom is -0.347 e. The summed E-state index contributed by atoms with van der Waals surface area (Å²) in [6, 6.07) is 12.1. The third kappa shape index (κ3) is 4.10. The second-order valence-electron chi connectivity index (χ2n) is 7.66. The minimum atomic E-state index is -0.105. The molecule has 0 spiro atoms. The van der Waals surface area contributed by atoms with Gasteiger partial charge in [0.1, 0.15) is 5.82 Å². The molecule has 3 fully saturated rings. The molecule has 3 aliphatic heterocycles. The van der Waals surface area contributed by atoms with Gasteiger partial charge < -0.3 is 15.6 Å². The predicted octanol–water partition coefficient (Wildman–Crippen LogP) is 3.34. The molecule has 1 aromatic carbocycles. The number of benzene rings is 1. The minimum absolute atomic E-state index is 0.00923. The number of hydrogen-bond donors (Lipinski definition) is 3. The lowest BCUT2D eigenvalue weighted by Crippen LogP contribution is -2.62. The number of nitrogens with zero attached hydrogens (tertiary/aromatic N) is 1. The average Bonchev–Trinajstić information content (AvgIpc) is 3.11. The largest absolute Gasteiger partial charge is 0.347 e. The highest BCUT2D eigenvalue weighted by Gasteiger charge is 2.40. The Morgan fingerprint density at radius 1 is 1.11 bits per heavy atom. The van der Waals surface area contributed by atoms with Crippen molar-refractivity contribution in [1.29, 1.82) is 0 Å². The monoisotopic (exact) mass is 398 g/mol. The summed E-state index contributed by atoms with van der Waals surface area (Å²) in [6.45, 7) is 6.02. The number of carbonyl (C=O) groups excluding carboxylic acids is 2. The first-order valence-electron chi connectivity index (χ1n) is 9.79. The van der Waals surface area contributed by atoms with E-state index in [1.54, 1.807) is 11.8 Å². The van der Waals surface area contributed by atoms with E-state index < -0.39 is 0 Å². The van der Waals surface area contributed by atoms with Gasteiger partial charge in [-0.3, -0.25) is 14.5 Å². The summed E-state index contributed by atoms with van der Waals surface area (Å²) < 4.78 is 0. The van der Waals surface area contributed by atoms with Crippen LogP contribution in [0.3, 0.4) is 0 Å². The van der Waals surface area contributed by atoms with Crippen LogP contribution in [0.25, 0.3) is 0 Å². The Morgan fingerprint density at radius 2 is 1.82 bits per heavy atom. The van der Waals surface area contributed by atoms with Crippen LogP contribution in [0.4, 0.5) is 5.82 Å². The number of H-pyrrole nitrogens is 1. The molecule has 0 aliphatic carbocycles. The normalized spacial score (nSPS) is 26.1. The fraction of sp³-hybridized carbons (Fsp3) is 0.429. The van der Waals surface area contributed by atoms with Crippen LogP contribution in [0.15, 0.2) is 46.3 Å². The van der Waals surface area contributed by atoms with E-state index >= 15 is 0 Å². The van der Waals surface area contributed by atoms with Crippen molar-refractivity contribution in [2.45, 2.75) is 48.7 Å². The molecule has 0 unspecified atom stereocenters. The molecule has 5 rings (SSSR count). The van der Waals surface area contributed by atoms with E-state index in [4.69, 9.17) is 0 Å². The first kappa shape index (κ1) is 19.1. The van der Waals surface area contributed by atoms with Gasteiger partial charge in [-0.2, -0.15) is 0 Å². The lowest BCUT2D eigenvalue weighted by atomic mass is 9.79. The van der Waals surface area contributed by atoms with Gasteiger partial charge in [-0.05, 0) is 75.2 Å². The van der Waals surface area contributed by atoms with Crippen LogP contribution in [0.2, 0.25) is 0 Å². The summed E-state index contributed by atoms with van der Waals surface area (Å²) in [4.78, 5) is 30.5. The number of piperidine rings is 3. The zero-order valence-corrected chi connectivity index (χ0v) is 17.0. The van der Waals surface area contributed by atoms with Crippen molar-refractivity contribution in [3.05, 3.63) is 42.0 Å². The molecule has 7 heteroatoms. The summed E-state index contributed by atoms with van der Waals surface area (Å²) >= 11 is 1.56. The number of aromatic nitrogens is 1. The summed E-state index contributed by atoms with van der Waals surface area (Å²) in [7, 11) is 0. The second-order valence-corrected chi connectivity index (χ2v) is 8.77. The molecule has 2 bridgehead atoms. The maximum Gasteiger partial charge on any atom is 0.251 e. The van der Waals surface area contributed by atoms with Crippen molar-refractivity contribution < 1.29 is 9.59 Å². The second kappa shape index (κ2) is 8.01. The van der Waals surface area contributed by atoms with E-state index in [1.165, 1.54) is 19.8 Å². The van der Waals surface area contributed by atoms with Gasteiger partial charge >= 0.3 is 0 Å². The summed E-state index contributed by atoms with van der Waals surface area (Å²) in [5, 5.41) is 6.93. The number of amides is 2. The van der Waals surface area contributed by atoms with Gasteiger partial charge in [0.25, 0.3) is 5.91 Å². The summed E-state index contributed by atoms with van der Waals surface area (Å²) in [6.07, 6.45) is 2.36. The molecule has 0 radical (unpaired) electrons. The highest BCUT2D eigenvalue weighted by Crippen LogP contribution is 2.32. The molecule has 3 aliphatic rings. The van der Waals surface area contributed by atoms with Crippen molar-refractivity contribution >= 4 is 29.4 Å². The topological polar surface area (TPSA) is 77.2 Å². The number of aromatic amines is 1. The van der Waals surface area contributed by atoms with Crippen LogP contribution in [0, 0.1) is 5.92 Å². The average molecular weight is 399 g/mol. The molecule has 3 saturated heterocycles. The highest BCUT2D eigenvalue weighted by molar-refractivity contribution is 7.99. The standard InChI is InChI=1S/C21H26N4O2S/c1-13-20(15-9-11-25(13)12-10-15)24-21(27)16-3-5-17(6-4-16)28-19-8-7-18(23-19)22-14(2)26/h3-8,13,15,20,23H,9-12H2,1-2H3,(H,22,26)(H,24,27)/t13-,20-/m0/s1. The van der Waals surface area contributed by atoms with Crippen LogP contribution >= 0.6 is 11.8 Å². The zero-order chi connectivity index (χ0) is 19.7. The maximum atomic E-state index is 12.7. The Hall–Kier alpha value is -2.25. The molecule has 6 nitrogen and oxygen atoms in total. The van der Waals surface area contributed by atoms with Crippen LogP contribution in [-0.4, -0.2) is 46.9 Å².